The number of rotatable bonds is 4. The fourth-order valence-corrected chi connectivity index (χ4v) is 3.00. The minimum absolute atomic E-state index is 0.204. The van der Waals surface area contributed by atoms with E-state index in [1.54, 1.807) is 12.5 Å². The molecule has 3 heterocycles. The maximum absolute atomic E-state index is 11.2. The Labute approximate surface area is 119 Å². The molecule has 2 aliphatic heterocycles. The molecule has 1 aromatic heterocycles. The Hall–Kier alpha value is -1.69. The van der Waals surface area contributed by atoms with Gasteiger partial charge in [-0.1, -0.05) is 0 Å². The van der Waals surface area contributed by atoms with Gasteiger partial charge in [-0.05, 0) is 24.8 Å². The number of carbonyl (C=O) groups excluding carboxylic acids is 1. The van der Waals surface area contributed by atoms with Crippen molar-refractivity contribution in [2.75, 3.05) is 31.5 Å². The van der Waals surface area contributed by atoms with Crippen molar-refractivity contribution < 1.29 is 4.79 Å². The summed E-state index contributed by atoms with van der Waals surface area (Å²) in [7, 11) is 0. The molecule has 0 aliphatic carbocycles. The van der Waals surface area contributed by atoms with Crippen LogP contribution in [0.1, 0.15) is 19.3 Å². The SMILES string of the molecule is O=C1CC(CN2CCC(Nc3ccncn3)CC2)CN1. The maximum Gasteiger partial charge on any atom is 0.220 e. The molecule has 3 rings (SSSR count). The van der Waals surface area contributed by atoms with Gasteiger partial charge in [-0.25, -0.2) is 9.97 Å². The Morgan fingerprint density at radius 2 is 2.25 bits per heavy atom. The van der Waals surface area contributed by atoms with Crippen molar-refractivity contribution in [3.63, 3.8) is 0 Å². The molecule has 2 N–H and O–H groups in total. The van der Waals surface area contributed by atoms with Gasteiger partial charge in [0.2, 0.25) is 5.91 Å². The highest BCUT2D eigenvalue weighted by molar-refractivity contribution is 5.78. The van der Waals surface area contributed by atoms with Crippen LogP contribution in [0, 0.1) is 5.92 Å². The lowest BCUT2D eigenvalue weighted by Gasteiger charge is -2.33. The van der Waals surface area contributed by atoms with E-state index in [2.05, 4.69) is 25.5 Å². The Balaban J connectivity index is 1.42. The molecule has 0 saturated carbocycles. The third-order valence-electron chi connectivity index (χ3n) is 4.10. The first-order chi connectivity index (χ1) is 9.79. The molecular formula is C14H21N5O. The van der Waals surface area contributed by atoms with E-state index in [1.165, 1.54) is 0 Å². The number of likely N-dealkylation sites (tertiary alicyclic amines) is 1. The minimum atomic E-state index is 0.204. The molecule has 1 unspecified atom stereocenters. The first-order valence-electron chi connectivity index (χ1n) is 7.31. The smallest absolute Gasteiger partial charge is 0.220 e. The second kappa shape index (κ2) is 6.17. The van der Waals surface area contributed by atoms with Crippen LogP contribution in [0.4, 0.5) is 5.82 Å². The van der Waals surface area contributed by atoms with E-state index in [0.29, 0.717) is 18.4 Å². The first-order valence-corrected chi connectivity index (χ1v) is 7.31. The van der Waals surface area contributed by atoms with Crippen LogP contribution in [-0.2, 0) is 4.79 Å². The lowest BCUT2D eigenvalue weighted by Crippen LogP contribution is -2.41. The van der Waals surface area contributed by atoms with Crippen molar-refractivity contribution in [1.82, 2.24) is 20.2 Å². The summed E-state index contributed by atoms with van der Waals surface area (Å²) in [6.07, 6.45) is 6.27. The van der Waals surface area contributed by atoms with Gasteiger partial charge in [-0.3, -0.25) is 4.79 Å². The normalized spacial score (nSPS) is 24.6. The third-order valence-corrected chi connectivity index (χ3v) is 4.10. The standard InChI is InChI=1S/C14H21N5O/c20-14-7-11(8-16-14)9-19-5-2-12(3-6-19)18-13-1-4-15-10-17-13/h1,4,10-12H,2-3,5-9H2,(H,16,20)(H,15,17,18). The van der Waals surface area contributed by atoms with Crippen LogP contribution in [0.25, 0.3) is 0 Å². The van der Waals surface area contributed by atoms with Gasteiger partial charge in [0.05, 0.1) is 0 Å². The summed E-state index contributed by atoms with van der Waals surface area (Å²) in [6, 6.07) is 2.40. The van der Waals surface area contributed by atoms with E-state index in [0.717, 1.165) is 44.8 Å². The van der Waals surface area contributed by atoms with Crippen molar-refractivity contribution in [3.8, 4) is 0 Å². The topological polar surface area (TPSA) is 70.2 Å². The average Bonchev–Trinajstić information content (AvgIpc) is 2.88. The molecule has 20 heavy (non-hydrogen) atoms. The molecule has 0 aromatic carbocycles. The molecule has 108 valence electrons. The predicted molar refractivity (Wildman–Crippen MR) is 76.2 cm³/mol. The lowest BCUT2D eigenvalue weighted by atomic mass is 10.0. The number of amides is 1. The van der Waals surface area contributed by atoms with Gasteiger partial charge in [0.25, 0.3) is 0 Å². The number of aromatic nitrogens is 2. The summed E-state index contributed by atoms with van der Waals surface area (Å²) in [5.41, 5.74) is 0. The molecule has 2 fully saturated rings. The monoisotopic (exact) mass is 275 g/mol. The van der Waals surface area contributed by atoms with Crippen molar-refractivity contribution in [2.24, 2.45) is 5.92 Å². The zero-order valence-corrected chi connectivity index (χ0v) is 11.6. The number of nitrogens with one attached hydrogen (secondary N) is 2. The fraction of sp³-hybridized carbons (Fsp3) is 0.643. The summed E-state index contributed by atoms with van der Waals surface area (Å²) in [4.78, 5) is 21.8. The van der Waals surface area contributed by atoms with E-state index in [-0.39, 0.29) is 5.91 Å². The van der Waals surface area contributed by atoms with Gasteiger partial charge in [-0.2, -0.15) is 0 Å². The highest BCUT2D eigenvalue weighted by Gasteiger charge is 2.26. The summed E-state index contributed by atoms with van der Waals surface area (Å²) in [5.74, 6) is 1.60. The van der Waals surface area contributed by atoms with Crippen LogP contribution < -0.4 is 10.6 Å². The van der Waals surface area contributed by atoms with E-state index in [4.69, 9.17) is 0 Å². The molecule has 0 spiro atoms. The second-order valence-corrected chi connectivity index (χ2v) is 5.69. The van der Waals surface area contributed by atoms with Gasteiger partial charge in [-0.15, -0.1) is 0 Å². The van der Waals surface area contributed by atoms with Gasteiger partial charge in [0.15, 0.2) is 0 Å². The lowest BCUT2D eigenvalue weighted by molar-refractivity contribution is -0.119. The number of nitrogens with zero attached hydrogens (tertiary/aromatic N) is 3. The van der Waals surface area contributed by atoms with Crippen molar-refractivity contribution >= 4 is 11.7 Å². The first kappa shape index (κ1) is 13.3. The molecule has 2 aliphatic rings. The molecule has 2 saturated heterocycles. The number of hydrogen-bond donors (Lipinski definition) is 2. The summed E-state index contributed by atoms with van der Waals surface area (Å²) >= 11 is 0. The van der Waals surface area contributed by atoms with E-state index >= 15 is 0 Å². The largest absolute Gasteiger partial charge is 0.367 e. The number of anilines is 1. The van der Waals surface area contributed by atoms with Crippen molar-refractivity contribution in [3.05, 3.63) is 18.6 Å². The summed E-state index contributed by atoms with van der Waals surface area (Å²) < 4.78 is 0. The van der Waals surface area contributed by atoms with Gasteiger partial charge in [0, 0.05) is 44.8 Å². The zero-order chi connectivity index (χ0) is 13.8. The van der Waals surface area contributed by atoms with Crippen LogP contribution >= 0.6 is 0 Å². The highest BCUT2D eigenvalue weighted by Crippen LogP contribution is 2.18. The Morgan fingerprint density at radius 3 is 2.90 bits per heavy atom. The molecule has 6 nitrogen and oxygen atoms in total. The van der Waals surface area contributed by atoms with Crippen LogP contribution in [0.2, 0.25) is 0 Å². The third kappa shape index (κ3) is 3.45. The Morgan fingerprint density at radius 1 is 1.40 bits per heavy atom. The van der Waals surface area contributed by atoms with Crippen LogP contribution in [0.5, 0.6) is 0 Å². The quantitative estimate of drug-likeness (QED) is 0.837. The molecule has 1 amide bonds. The second-order valence-electron chi connectivity index (χ2n) is 5.69. The molecule has 1 atom stereocenters. The van der Waals surface area contributed by atoms with Gasteiger partial charge < -0.3 is 15.5 Å². The van der Waals surface area contributed by atoms with Gasteiger partial charge in [0.1, 0.15) is 12.1 Å². The highest BCUT2D eigenvalue weighted by atomic mass is 16.1. The molecule has 0 radical (unpaired) electrons. The van der Waals surface area contributed by atoms with Crippen molar-refractivity contribution in [2.45, 2.75) is 25.3 Å². The summed E-state index contributed by atoms with van der Waals surface area (Å²) in [6.45, 7) is 4.07. The van der Waals surface area contributed by atoms with Crippen LogP contribution in [0.15, 0.2) is 18.6 Å². The number of piperidine rings is 1. The van der Waals surface area contributed by atoms with Gasteiger partial charge >= 0.3 is 0 Å². The van der Waals surface area contributed by atoms with E-state index < -0.39 is 0 Å². The number of hydrogen-bond acceptors (Lipinski definition) is 5. The molecular weight excluding hydrogens is 254 g/mol. The Bertz CT molecular complexity index is 444. The average molecular weight is 275 g/mol. The van der Waals surface area contributed by atoms with E-state index in [1.807, 2.05) is 6.07 Å². The zero-order valence-electron chi connectivity index (χ0n) is 11.6. The Kier molecular flexibility index (Phi) is 4.11. The maximum atomic E-state index is 11.2. The summed E-state index contributed by atoms with van der Waals surface area (Å²) in [5, 5.41) is 6.37. The minimum Gasteiger partial charge on any atom is -0.367 e. The molecule has 0 bridgehead atoms. The molecule has 1 aromatic rings. The van der Waals surface area contributed by atoms with Crippen LogP contribution in [-0.4, -0.2) is 53.0 Å². The predicted octanol–water partition coefficient (Wildman–Crippen LogP) is 0.489. The molecule has 6 heteroatoms. The van der Waals surface area contributed by atoms with Crippen molar-refractivity contribution in [1.29, 1.82) is 0 Å². The van der Waals surface area contributed by atoms with Crippen LogP contribution in [0.3, 0.4) is 0 Å². The van der Waals surface area contributed by atoms with E-state index in [9.17, 15) is 4.79 Å². The number of carbonyl (C=O) groups is 1. The fourth-order valence-electron chi connectivity index (χ4n) is 3.00.